The maximum Gasteiger partial charge on any atom is 0.264 e. The summed E-state index contributed by atoms with van der Waals surface area (Å²) in [6.07, 6.45) is 0.299. The molecule has 3 rings (SSSR count). The summed E-state index contributed by atoms with van der Waals surface area (Å²) in [5.41, 5.74) is 0.897. The van der Waals surface area contributed by atoms with Crippen LogP contribution in [0.3, 0.4) is 0 Å². The normalized spacial score (nSPS) is 12.2. The van der Waals surface area contributed by atoms with Crippen molar-refractivity contribution in [2.24, 2.45) is 0 Å². The van der Waals surface area contributed by atoms with Crippen LogP contribution in [0.2, 0.25) is 0 Å². The smallest absolute Gasteiger partial charge is 0.264 e. The van der Waals surface area contributed by atoms with Crippen LogP contribution in [0.25, 0.3) is 0 Å². The molecule has 0 saturated heterocycles. The maximum absolute atomic E-state index is 13.9. The quantitative estimate of drug-likeness (QED) is 0.330. The standard InChI is InChI=1S/C28H31BrFN3O4S/c1-4-26(28(35)31-20(2)3)32(18-21-13-15-23(30)16-14-21)27(34)19-33(24-10-8-9-22(29)17-24)38(36,37)25-11-6-5-7-12-25/h5-17,20,26H,4,18-19H2,1-3H3,(H,31,35)/t26-/m1/s1. The molecular formula is C28H31BrFN3O4S. The summed E-state index contributed by atoms with van der Waals surface area (Å²) in [5.74, 6) is -1.34. The molecule has 0 heterocycles. The number of carbonyl (C=O) groups is 2. The Morgan fingerprint density at radius 1 is 0.974 bits per heavy atom. The van der Waals surface area contributed by atoms with Gasteiger partial charge in [-0.15, -0.1) is 0 Å². The van der Waals surface area contributed by atoms with E-state index in [1.807, 2.05) is 13.8 Å². The molecule has 0 aliphatic rings. The van der Waals surface area contributed by atoms with Gasteiger partial charge in [-0.05, 0) is 68.3 Å². The number of carbonyl (C=O) groups excluding carboxylic acids is 2. The van der Waals surface area contributed by atoms with Gasteiger partial charge in [0.25, 0.3) is 10.0 Å². The maximum atomic E-state index is 13.9. The van der Waals surface area contributed by atoms with Crippen LogP contribution < -0.4 is 9.62 Å². The number of nitrogens with zero attached hydrogens (tertiary/aromatic N) is 2. The fourth-order valence-electron chi connectivity index (χ4n) is 3.97. The molecule has 0 saturated carbocycles. The van der Waals surface area contributed by atoms with E-state index in [0.717, 1.165) is 4.31 Å². The molecule has 0 spiro atoms. The zero-order valence-electron chi connectivity index (χ0n) is 21.5. The van der Waals surface area contributed by atoms with Gasteiger partial charge in [0.15, 0.2) is 0 Å². The molecule has 3 aromatic rings. The first-order valence-corrected chi connectivity index (χ1v) is 14.4. The van der Waals surface area contributed by atoms with Gasteiger partial charge in [0.2, 0.25) is 11.8 Å². The van der Waals surface area contributed by atoms with Crippen molar-refractivity contribution in [1.82, 2.24) is 10.2 Å². The summed E-state index contributed by atoms with van der Waals surface area (Å²) in [5, 5.41) is 2.84. The van der Waals surface area contributed by atoms with Gasteiger partial charge in [-0.25, -0.2) is 12.8 Å². The number of halogens is 2. The molecule has 0 aromatic heterocycles. The van der Waals surface area contributed by atoms with Gasteiger partial charge in [0.1, 0.15) is 18.4 Å². The summed E-state index contributed by atoms with van der Waals surface area (Å²) < 4.78 is 42.7. The van der Waals surface area contributed by atoms with E-state index in [9.17, 15) is 22.4 Å². The summed E-state index contributed by atoms with van der Waals surface area (Å²) in [6.45, 7) is 4.87. The minimum absolute atomic E-state index is 0.000837. The number of amides is 2. The fourth-order valence-corrected chi connectivity index (χ4v) is 5.78. The Labute approximate surface area is 231 Å². The average Bonchev–Trinajstić information content (AvgIpc) is 2.88. The molecule has 7 nitrogen and oxygen atoms in total. The van der Waals surface area contributed by atoms with Gasteiger partial charge < -0.3 is 10.2 Å². The van der Waals surface area contributed by atoms with E-state index in [-0.39, 0.29) is 29.1 Å². The van der Waals surface area contributed by atoms with E-state index < -0.39 is 34.3 Å². The van der Waals surface area contributed by atoms with E-state index >= 15 is 0 Å². The third-order valence-corrected chi connectivity index (χ3v) is 8.07. The fraction of sp³-hybridized carbons (Fsp3) is 0.286. The lowest BCUT2D eigenvalue weighted by Crippen LogP contribution is -2.53. The Morgan fingerprint density at radius 3 is 2.21 bits per heavy atom. The number of rotatable bonds is 11. The van der Waals surface area contributed by atoms with Crippen molar-refractivity contribution in [2.45, 2.75) is 50.7 Å². The molecular weight excluding hydrogens is 573 g/mol. The molecule has 10 heteroatoms. The SMILES string of the molecule is CC[C@H](C(=O)NC(C)C)N(Cc1ccc(F)cc1)C(=O)CN(c1cccc(Br)c1)S(=O)(=O)c1ccccc1. The van der Waals surface area contributed by atoms with Gasteiger partial charge in [-0.2, -0.15) is 0 Å². The highest BCUT2D eigenvalue weighted by molar-refractivity contribution is 9.10. The summed E-state index contributed by atoms with van der Waals surface area (Å²) in [7, 11) is -4.13. The number of sulfonamides is 1. The van der Waals surface area contributed by atoms with Crippen LogP contribution in [-0.2, 0) is 26.2 Å². The molecule has 0 radical (unpaired) electrons. The zero-order valence-corrected chi connectivity index (χ0v) is 23.9. The van der Waals surface area contributed by atoms with Crippen LogP contribution in [-0.4, -0.2) is 43.8 Å². The Bertz CT molecular complexity index is 1350. The van der Waals surface area contributed by atoms with E-state index in [4.69, 9.17) is 0 Å². The molecule has 202 valence electrons. The van der Waals surface area contributed by atoms with Crippen molar-refractivity contribution in [2.75, 3.05) is 10.8 Å². The third kappa shape index (κ3) is 7.41. The van der Waals surface area contributed by atoms with Crippen molar-refractivity contribution in [3.8, 4) is 0 Å². The van der Waals surface area contributed by atoms with E-state index in [2.05, 4.69) is 21.2 Å². The molecule has 0 unspecified atom stereocenters. The number of hydrogen-bond donors (Lipinski definition) is 1. The zero-order chi connectivity index (χ0) is 27.9. The van der Waals surface area contributed by atoms with Crippen LogP contribution in [0.4, 0.5) is 10.1 Å². The molecule has 0 aliphatic carbocycles. The topological polar surface area (TPSA) is 86.8 Å². The van der Waals surface area contributed by atoms with Gasteiger partial charge in [0, 0.05) is 17.1 Å². The van der Waals surface area contributed by atoms with Crippen LogP contribution in [0.5, 0.6) is 0 Å². The molecule has 2 amide bonds. The van der Waals surface area contributed by atoms with Gasteiger partial charge >= 0.3 is 0 Å². The first kappa shape index (κ1) is 29.3. The van der Waals surface area contributed by atoms with Gasteiger partial charge in [-0.3, -0.25) is 13.9 Å². The molecule has 1 N–H and O–H groups in total. The van der Waals surface area contributed by atoms with Crippen LogP contribution >= 0.6 is 15.9 Å². The first-order valence-electron chi connectivity index (χ1n) is 12.2. The molecule has 0 fully saturated rings. The highest BCUT2D eigenvalue weighted by Crippen LogP contribution is 2.27. The Kier molecular flexibility index (Phi) is 10.0. The summed E-state index contributed by atoms with van der Waals surface area (Å²) in [4.78, 5) is 28.4. The van der Waals surface area contributed by atoms with Crippen LogP contribution in [0, 0.1) is 5.82 Å². The molecule has 38 heavy (non-hydrogen) atoms. The number of benzene rings is 3. The van der Waals surface area contributed by atoms with Crippen LogP contribution in [0.1, 0.15) is 32.8 Å². The van der Waals surface area contributed by atoms with Crippen LogP contribution in [0.15, 0.2) is 88.2 Å². The minimum Gasteiger partial charge on any atom is -0.352 e. The lowest BCUT2D eigenvalue weighted by atomic mass is 10.1. The molecule has 3 aromatic carbocycles. The van der Waals surface area contributed by atoms with Crippen molar-refractivity contribution < 1.29 is 22.4 Å². The highest BCUT2D eigenvalue weighted by atomic mass is 79.9. The minimum atomic E-state index is -4.13. The Hall–Kier alpha value is -3.24. The molecule has 1 atom stereocenters. The van der Waals surface area contributed by atoms with Crippen molar-refractivity contribution >= 4 is 43.5 Å². The first-order chi connectivity index (χ1) is 18.0. The number of hydrogen-bond acceptors (Lipinski definition) is 4. The highest BCUT2D eigenvalue weighted by Gasteiger charge is 2.33. The molecule has 0 bridgehead atoms. The number of anilines is 1. The molecule has 0 aliphatic heterocycles. The number of nitrogens with one attached hydrogen (secondary N) is 1. The lowest BCUT2D eigenvalue weighted by Gasteiger charge is -2.33. The second kappa shape index (κ2) is 13.0. The monoisotopic (exact) mass is 603 g/mol. The summed E-state index contributed by atoms with van der Waals surface area (Å²) >= 11 is 3.37. The second-order valence-corrected chi connectivity index (χ2v) is 11.8. The average molecular weight is 605 g/mol. The Morgan fingerprint density at radius 2 is 1.63 bits per heavy atom. The third-order valence-electron chi connectivity index (χ3n) is 5.79. The predicted molar refractivity (Wildman–Crippen MR) is 149 cm³/mol. The lowest BCUT2D eigenvalue weighted by molar-refractivity contribution is -0.140. The van der Waals surface area contributed by atoms with Crippen molar-refractivity contribution in [3.63, 3.8) is 0 Å². The van der Waals surface area contributed by atoms with Gasteiger partial charge in [0.05, 0.1) is 10.6 Å². The van der Waals surface area contributed by atoms with E-state index in [0.29, 0.717) is 16.5 Å². The van der Waals surface area contributed by atoms with Gasteiger partial charge in [-0.1, -0.05) is 59.3 Å². The largest absolute Gasteiger partial charge is 0.352 e. The van der Waals surface area contributed by atoms with Crippen molar-refractivity contribution in [1.29, 1.82) is 0 Å². The van der Waals surface area contributed by atoms with E-state index in [1.54, 1.807) is 49.4 Å². The second-order valence-electron chi connectivity index (χ2n) is 9.04. The summed E-state index contributed by atoms with van der Waals surface area (Å²) in [6, 6.07) is 19.1. The van der Waals surface area contributed by atoms with E-state index in [1.165, 1.54) is 41.3 Å². The Balaban J connectivity index is 2.05. The van der Waals surface area contributed by atoms with Crippen molar-refractivity contribution in [3.05, 3.63) is 94.7 Å². The predicted octanol–water partition coefficient (Wildman–Crippen LogP) is 5.12.